The van der Waals surface area contributed by atoms with Crippen LogP contribution in [0.2, 0.25) is 5.02 Å². The second-order valence-corrected chi connectivity index (χ2v) is 4.76. The van der Waals surface area contributed by atoms with Crippen LogP contribution in [0.25, 0.3) is 0 Å². The monoisotopic (exact) mass is 354 g/mol. The smallest absolute Gasteiger partial charge is 0.289 e. The van der Waals surface area contributed by atoms with Gasteiger partial charge in [0.1, 0.15) is 16.7 Å². The predicted octanol–water partition coefficient (Wildman–Crippen LogP) is 1.80. The standard InChI is InChI=1S/C14H15ClN4O5/c1-23-13(24-2)8-17-7-9(6-16)14(20)18-10-3-4-11(15)12(5-10)19(21)22/h3-5,7,13,17H,8H2,1-2H3,(H,18,20)/b9-7-. The van der Waals surface area contributed by atoms with E-state index >= 15 is 0 Å². The molecule has 128 valence electrons. The fourth-order valence-corrected chi connectivity index (χ4v) is 1.78. The molecular formula is C14H15ClN4O5. The lowest BCUT2D eigenvalue weighted by molar-refractivity contribution is -0.384. The average molecular weight is 355 g/mol. The SMILES string of the molecule is COC(CN/C=C(/C#N)C(=O)Nc1ccc(Cl)c([N+](=O)[O-])c1)OC. The second-order valence-electron chi connectivity index (χ2n) is 4.36. The molecule has 0 aliphatic heterocycles. The van der Waals surface area contributed by atoms with Crippen LogP contribution in [-0.4, -0.2) is 37.9 Å². The highest BCUT2D eigenvalue weighted by atomic mass is 35.5. The Hall–Kier alpha value is -2.67. The lowest BCUT2D eigenvalue weighted by atomic mass is 10.2. The van der Waals surface area contributed by atoms with Crippen LogP contribution in [0.5, 0.6) is 0 Å². The van der Waals surface area contributed by atoms with Crippen molar-refractivity contribution in [2.24, 2.45) is 0 Å². The van der Waals surface area contributed by atoms with Crippen molar-refractivity contribution >= 4 is 28.9 Å². The summed E-state index contributed by atoms with van der Waals surface area (Å²) < 4.78 is 9.89. The molecule has 0 atom stereocenters. The molecule has 0 fully saturated rings. The molecule has 0 spiro atoms. The molecule has 0 saturated heterocycles. The van der Waals surface area contributed by atoms with E-state index < -0.39 is 17.1 Å². The van der Waals surface area contributed by atoms with E-state index in [0.717, 1.165) is 6.07 Å². The van der Waals surface area contributed by atoms with Gasteiger partial charge >= 0.3 is 0 Å². The number of ether oxygens (including phenoxy) is 2. The third-order valence-electron chi connectivity index (χ3n) is 2.82. The Labute approximate surface area is 142 Å². The molecule has 1 rings (SSSR count). The number of nitro groups is 1. The maximum absolute atomic E-state index is 12.0. The summed E-state index contributed by atoms with van der Waals surface area (Å²) >= 11 is 5.69. The van der Waals surface area contributed by atoms with Crippen LogP contribution < -0.4 is 10.6 Å². The number of nitrogens with zero attached hydrogens (tertiary/aromatic N) is 2. The van der Waals surface area contributed by atoms with Crippen molar-refractivity contribution in [3.63, 3.8) is 0 Å². The molecule has 2 N–H and O–H groups in total. The second kappa shape index (κ2) is 9.46. The lowest BCUT2D eigenvalue weighted by Gasteiger charge is -2.12. The molecule has 0 aliphatic carbocycles. The van der Waals surface area contributed by atoms with E-state index in [-0.39, 0.29) is 28.5 Å². The highest BCUT2D eigenvalue weighted by Crippen LogP contribution is 2.27. The van der Waals surface area contributed by atoms with E-state index in [1.165, 1.54) is 32.6 Å². The van der Waals surface area contributed by atoms with Crippen LogP contribution >= 0.6 is 11.6 Å². The van der Waals surface area contributed by atoms with E-state index in [1.807, 2.05) is 0 Å². The average Bonchev–Trinajstić information content (AvgIpc) is 2.56. The third kappa shape index (κ3) is 5.51. The van der Waals surface area contributed by atoms with Gasteiger partial charge in [0.25, 0.3) is 11.6 Å². The molecule has 0 radical (unpaired) electrons. The van der Waals surface area contributed by atoms with Gasteiger partial charge in [-0.15, -0.1) is 0 Å². The van der Waals surface area contributed by atoms with Gasteiger partial charge in [-0.1, -0.05) is 11.6 Å². The minimum atomic E-state index is -0.729. The summed E-state index contributed by atoms with van der Waals surface area (Å²) in [6.45, 7) is 0.220. The van der Waals surface area contributed by atoms with Crippen LogP contribution in [0.1, 0.15) is 0 Å². The molecule has 1 aromatic rings. The molecule has 0 aromatic heterocycles. The van der Waals surface area contributed by atoms with E-state index in [2.05, 4.69) is 10.6 Å². The first-order chi connectivity index (χ1) is 11.4. The molecule has 1 aromatic carbocycles. The van der Waals surface area contributed by atoms with Crippen molar-refractivity contribution in [2.75, 3.05) is 26.1 Å². The van der Waals surface area contributed by atoms with Crippen molar-refractivity contribution in [1.82, 2.24) is 5.32 Å². The number of benzene rings is 1. The molecule has 0 aliphatic rings. The van der Waals surface area contributed by atoms with Crippen LogP contribution in [-0.2, 0) is 14.3 Å². The van der Waals surface area contributed by atoms with Gasteiger partial charge in [0.15, 0.2) is 6.29 Å². The first-order valence-corrected chi connectivity index (χ1v) is 6.95. The van der Waals surface area contributed by atoms with E-state index in [0.29, 0.717) is 0 Å². The summed E-state index contributed by atoms with van der Waals surface area (Å²) in [5.74, 6) is -0.729. The molecule has 0 heterocycles. The molecule has 0 unspecified atom stereocenters. The number of hydrogen-bond donors (Lipinski definition) is 2. The van der Waals surface area contributed by atoms with Crippen LogP contribution in [0.4, 0.5) is 11.4 Å². The number of hydrogen-bond acceptors (Lipinski definition) is 7. The summed E-state index contributed by atoms with van der Waals surface area (Å²) in [5.41, 5.74) is -0.430. The van der Waals surface area contributed by atoms with Crippen LogP contribution in [0, 0.1) is 21.4 Å². The van der Waals surface area contributed by atoms with E-state index in [9.17, 15) is 14.9 Å². The number of nitrogens with one attached hydrogen (secondary N) is 2. The highest BCUT2D eigenvalue weighted by molar-refractivity contribution is 6.32. The molecule has 24 heavy (non-hydrogen) atoms. The van der Waals surface area contributed by atoms with Gasteiger partial charge in [-0.3, -0.25) is 14.9 Å². The number of halogens is 1. The zero-order valence-electron chi connectivity index (χ0n) is 12.9. The maximum Gasteiger partial charge on any atom is 0.289 e. The maximum atomic E-state index is 12.0. The summed E-state index contributed by atoms with van der Waals surface area (Å²) in [6.07, 6.45) is 0.660. The zero-order valence-corrected chi connectivity index (χ0v) is 13.7. The van der Waals surface area contributed by atoms with Gasteiger partial charge in [0.2, 0.25) is 0 Å². The van der Waals surface area contributed by atoms with Crippen molar-refractivity contribution in [3.05, 3.63) is 45.1 Å². The van der Waals surface area contributed by atoms with Gasteiger partial charge in [0, 0.05) is 32.2 Å². The highest BCUT2D eigenvalue weighted by Gasteiger charge is 2.15. The fourth-order valence-electron chi connectivity index (χ4n) is 1.60. The summed E-state index contributed by atoms with van der Waals surface area (Å²) in [4.78, 5) is 22.2. The predicted molar refractivity (Wildman–Crippen MR) is 86.2 cm³/mol. The molecular weight excluding hydrogens is 340 g/mol. The Morgan fingerprint density at radius 1 is 1.50 bits per heavy atom. The number of nitro benzene ring substituents is 1. The topological polar surface area (TPSA) is 127 Å². The molecule has 10 heteroatoms. The molecule has 0 saturated carbocycles. The van der Waals surface area contributed by atoms with Gasteiger partial charge in [-0.25, -0.2) is 0 Å². The molecule has 1 amide bonds. The zero-order chi connectivity index (χ0) is 18.1. The number of carbonyl (C=O) groups excluding carboxylic acids is 1. The number of methoxy groups -OCH3 is 2. The van der Waals surface area contributed by atoms with Crippen molar-refractivity contribution in [1.29, 1.82) is 5.26 Å². The lowest BCUT2D eigenvalue weighted by Crippen LogP contribution is -2.27. The van der Waals surface area contributed by atoms with Gasteiger partial charge in [0.05, 0.1) is 11.5 Å². The van der Waals surface area contributed by atoms with Gasteiger partial charge < -0.3 is 20.1 Å². The molecule has 9 nitrogen and oxygen atoms in total. The van der Waals surface area contributed by atoms with Gasteiger partial charge in [-0.05, 0) is 12.1 Å². The van der Waals surface area contributed by atoms with Crippen molar-refractivity contribution in [2.45, 2.75) is 6.29 Å². The van der Waals surface area contributed by atoms with E-state index in [4.69, 9.17) is 26.3 Å². The Morgan fingerprint density at radius 3 is 2.71 bits per heavy atom. The summed E-state index contributed by atoms with van der Waals surface area (Å²) in [5, 5.41) is 24.9. The Balaban J connectivity index is 2.79. The first kappa shape index (κ1) is 19.4. The summed E-state index contributed by atoms with van der Waals surface area (Å²) in [6, 6.07) is 5.50. The normalized spacial score (nSPS) is 11.0. The largest absolute Gasteiger partial charge is 0.385 e. The number of carbonyl (C=O) groups is 1. The van der Waals surface area contributed by atoms with E-state index in [1.54, 1.807) is 6.07 Å². The number of rotatable bonds is 8. The Morgan fingerprint density at radius 2 is 2.17 bits per heavy atom. The number of anilines is 1. The minimum absolute atomic E-state index is 0.0547. The third-order valence-corrected chi connectivity index (χ3v) is 3.14. The number of amides is 1. The van der Waals surface area contributed by atoms with Crippen molar-refractivity contribution < 1.29 is 19.2 Å². The van der Waals surface area contributed by atoms with Gasteiger partial charge in [-0.2, -0.15) is 5.26 Å². The molecule has 0 bridgehead atoms. The van der Waals surface area contributed by atoms with Crippen LogP contribution in [0.15, 0.2) is 30.0 Å². The first-order valence-electron chi connectivity index (χ1n) is 6.57. The minimum Gasteiger partial charge on any atom is -0.385 e. The van der Waals surface area contributed by atoms with Crippen LogP contribution in [0.3, 0.4) is 0 Å². The fraction of sp³-hybridized carbons (Fsp3) is 0.286. The Kier molecular flexibility index (Phi) is 7.64. The summed E-state index contributed by atoms with van der Waals surface area (Å²) in [7, 11) is 2.90. The number of nitriles is 1. The van der Waals surface area contributed by atoms with Crippen molar-refractivity contribution in [3.8, 4) is 6.07 Å². The Bertz CT molecular complexity index is 682. The quantitative estimate of drug-likeness (QED) is 0.239.